The smallest absolute Gasteiger partial charge is 0.290 e. The number of thiophene rings is 1. The third-order valence-electron chi connectivity index (χ3n) is 2.71. The molecule has 108 valence electrons. The molecule has 0 atom stereocenters. The van der Waals surface area contributed by atoms with Gasteiger partial charge in [0.1, 0.15) is 5.82 Å². The number of nitrogens with one attached hydrogen (secondary N) is 1. The van der Waals surface area contributed by atoms with Gasteiger partial charge in [0.15, 0.2) is 0 Å². The van der Waals surface area contributed by atoms with E-state index < -0.39 is 0 Å². The Kier molecular flexibility index (Phi) is 5.05. The molecule has 0 unspecified atom stereocenters. The van der Waals surface area contributed by atoms with Gasteiger partial charge in [-0.05, 0) is 34.5 Å². The number of hydrogen-bond donors (Lipinski definition) is 2. The van der Waals surface area contributed by atoms with Gasteiger partial charge in [-0.25, -0.2) is 4.98 Å². The highest BCUT2D eigenvalue weighted by molar-refractivity contribution is 7.07. The molecule has 3 heterocycles. The van der Waals surface area contributed by atoms with Gasteiger partial charge in [-0.2, -0.15) is 11.3 Å². The second kappa shape index (κ2) is 7.20. The molecular formula is C14H13N3O3S. The number of aromatic amines is 1. The predicted octanol–water partition coefficient (Wildman–Crippen LogP) is 2.05. The van der Waals surface area contributed by atoms with E-state index in [1.807, 2.05) is 16.1 Å². The lowest BCUT2D eigenvalue weighted by Crippen LogP contribution is -2.11. The Bertz CT molecular complexity index is 747. The molecule has 0 saturated carbocycles. The number of hydrogen-bond acceptors (Lipinski definition) is 4. The number of rotatable bonds is 3. The summed E-state index contributed by atoms with van der Waals surface area (Å²) in [6, 6.07) is 5.66. The quantitative estimate of drug-likeness (QED) is 0.725. The lowest BCUT2D eigenvalue weighted by molar-refractivity contribution is -0.122. The number of carbonyl (C=O) groups is 1. The molecule has 0 aliphatic carbocycles. The zero-order valence-electron chi connectivity index (χ0n) is 11.0. The zero-order valence-corrected chi connectivity index (χ0v) is 11.8. The fourth-order valence-corrected chi connectivity index (χ4v) is 2.52. The molecule has 2 N–H and O–H groups in total. The van der Waals surface area contributed by atoms with Crippen molar-refractivity contribution in [2.45, 2.75) is 6.54 Å². The van der Waals surface area contributed by atoms with Gasteiger partial charge in [-0.1, -0.05) is 0 Å². The number of aromatic nitrogens is 3. The van der Waals surface area contributed by atoms with Crippen molar-refractivity contribution in [1.82, 2.24) is 14.5 Å². The van der Waals surface area contributed by atoms with Gasteiger partial charge < -0.3 is 14.7 Å². The molecule has 3 aromatic heterocycles. The van der Waals surface area contributed by atoms with Crippen molar-refractivity contribution in [3.8, 4) is 11.4 Å². The van der Waals surface area contributed by atoms with Crippen molar-refractivity contribution >= 4 is 17.8 Å². The highest BCUT2D eigenvalue weighted by Crippen LogP contribution is 2.15. The third kappa shape index (κ3) is 3.67. The maximum absolute atomic E-state index is 11.8. The topological polar surface area (TPSA) is 88.0 Å². The van der Waals surface area contributed by atoms with E-state index in [4.69, 9.17) is 9.90 Å². The molecule has 6 nitrogen and oxygen atoms in total. The Labute approximate surface area is 124 Å². The van der Waals surface area contributed by atoms with Crippen LogP contribution in [0.5, 0.6) is 0 Å². The van der Waals surface area contributed by atoms with Crippen molar-refractivity contribution in [3.05, 3.63) is 63.5 Å². The highest BCUT2D eigenvalue weighted by Gasteiger charge is 2.09. The second-order valence-electron chi connectivity index (χ2n) is 4.03. The van der Waals surface area contributed by atoms with Gasteiger partial charge in [0.2, 0.25) is 0 Å². The van der Waals surface area contributed by atoms with Crippen LogP contribution in [0, 0.1) is 0 Å². The summed E-state index contributed by atoms with van der Waals surface area (Å²) in [7, 11) is 0. The summed E-state index contributed by atoms with van der Waals surface area (Å²) < 4.78 is 1.98. The summed E-state index contributed by atoms with van der Waals surface area (Å²) in [5.74, 6) is 0.697. The largest absolute Gasteiger partial charge is 0.483 e. The summed E-state index contributed by atoms with van der Waals surface area (Å²) >= 11 is 1.66. The molecule has 21 heavy (non-hydrogen) atoms. The fourth-order valence-electron chi connectivity index (χ4n) is 1.86. The van der Waals surface area contributed by atoms with E-state index in [0.717, 1.165) is 6.54 Å². The molecule has 0 aromatic carbocycles. The second-order valence-corrected chi connectivity index (χ2v) is 4.81. The van der Waals surface area contributed by atoms with E-state index in [2.05, 4.69) is 21.4 Å². The summed E-state index contributed by atoms with van der Waals surface area (Å²) in [5, 5.41) is 11.0. The summed E-state index contributed by atoms with van der Waals surface area (Å²) in [5.41, 5.74) is 1.69. The van der Waals surface area contributed by atoms with E-state index >= 15 is 0 Å². The van der Waals surface area contributed by atoms with Crippen LogP contribution in [0.4, 0.5) is 0 Å². The summed E-state index contributed by atoms with van der Waals surface area (Å²) in [6.45, 7) is 0.479. The summed E-state index contributed by atoms with van der Waals surface area (Å²) in [4.78, 5) is 27.1. The Balaban J connectivity index is 0.000000497. The molecule has 0 radical (unpaired) electrons. The van der Waals surface area contributed by atoms with Crippen molar-refractivity contribution < 1.29 is 9.90 Å². The highest BCUT2D eigenvalue weighted by atomic mass is 32.1. The van der Waals surface area contributed by atoms with Crippen molar-refractivity contribution in [3.63, 3.8) is 0 Å². The van der Waals surface area contributed by atoms with Crippen LogP contribution in [0.2, 0.25) is 0 Å². The number of carboxylic acid groups (broad SMARTS) is 1. The van der Waals surface area contributed by atoms with Crippen LogP contribution in [-0.2, 0) is 11.3 Å². The van der Waals surface area contributed by atoms with E-state index in [1.165, 1.54) is 5.56 Å². The number of H-pyrrole nitrogens is 1. The van der Waals surface area contributed by atoms with Crippen LogP contribution in [-0.4, -0.2) is 26.1 Å². The Morgan fingerprint density at radius 1 is 1.43 bits per heavy atom. The first-order chi connectivity index (χ1) is 10.3. The molecule has 0 bridgehead atoms. The average molecular weight is 303 g/mol. The molecule has 0 saturated heterocycles. The number of nitrogens with zero attached hydrogens (tertiary/aromatic N) is 2. The molecule has 0 spiro atoms. The van der Waals surface area contributed by atoms with Gasteiger partial charge in [0.25, 0.3) is 12.0 Å². The van der Waals surface area contributed by atoms with Crippen LogP contribution >= 0.6 is 11.3 Å². The molecule has 0 aliphatic rings. The molecule has 3 aromatic rings. The van der Waals surface area contributed by atoms with Crippen molar-refractivity contribution in [1.29, 1.82) is 0 Å². The van der Waals surface area contributed by atoms with Crippen molar-refractivity contribution in [2.24, 2.45) is 0 Å². The van der Waals surface area contributed by atoms with Gasteiger partial charge in [-0.15, -0.1) is 0 Å². The Morgan fingerprint density at radius 3 is 2.90 bits per heavy atom. The Morgan fingerprint density at radius 2 is 2.24 bits per heavy atom. The molecule has 7 heteroatoms. The third-order valence-corrected chi connectivity index (χ3v) is 3.44. The van der Waals surface area contributed by atoms with E-state index in [-0.39, 0.29) is 12.0 Å². The van der Waals surface area contributed by atoms with Crippen LogP contribution < -0.4 is 5.56 Å². The van der Waals surface area contributed by atoms with Crippen LogP contribution in [0.1, 0.15) is 5.56 Å². The predicted molar refractivity (Wildman–Crippen MR) is 80.4 cm³/mol. The standard InChI is InChI=1S/C13H11N3OS.CH2O2/c17-13-11(2-1-4-15-13)12-14-5-6-16(12)8-10-3-7-18-9-10;2-1-3/h1-7,9H,8H2,(H,15,17);1H,(H,2,3). The monoisotopic (exact) mass is 303 g/mol. The first kappa shape index (κ1) is 14.7. The van der Waals surface area contributed by atoms with E-state index in [9.17, 15) is 4.79 Å². The first-order valence-electron chi connectivity index (χ1n) is 6.04. The van der Waals surface area contributed by atoms with Gasteiger partial charge >= 0.3 is 0 Å². The number of pyridine rings is 1. The molecule has 0 fully saturated rings. The minimum atomic E-state index is -0.250. The lowest BCUT2D eigenvalue weighted by Gasteiger charge is -2.05. The SMILES string of the molecule is O=CO.O=c1[nH]cccc1-c1nccn1Cc1ccsc1. The van der Waals surface area contributed by atoms with Crippen molar-refractivity contribution in [2.75, 3.05) is 0 Å². The zero-order chi connectivity index (χ0) is 15.1. The van der Waals surface area contributed by atoms with Gasteiger partial charge in [-0.3, -0.25) is 9.59 Å². The maximum Gasteiger partial charge on any atom is 0.290 e. The number of imidazole rings is 1. The average Bonchev–Trinajstić information content (AvgIpc) is 3.13. The lowest BCUT2D eigenvalue weighted by atomic mass is 10.2. The van der Waals surface area contributed by atoms with Crippen LogP contribution in [0.15, 0.2) is 52.3 Å². The minimum absolute atomic E-state index is 0.115. The van der Waals surface area contributed by atoms with Crippen LogP contribution in [0.25, 0.3) is 11.4 Å². The fraction of sp³-hybridized carbons (Fsp3) is 0.0714. The van der Waals surface area contributed by atoms with Gasteiger partial charge in [0.05, 0.1) is 5.56 Å². The molecule has 3 rings (SSSR count). The molecule has 0 amide bonds. The Hall–Kier alpha value is -2.67. The van der Waals surface area contributed by atoms with E-state index in [1.54, 1.807) is 35.9 Å². The van der Waals surface area contributed by atoms with Gasteiger partial charge in [0, 0.05) is 25.1 Å². The molecular weight excluding hydrogens is 290 g/mol. The maximum atomic E-state index is 11.8. The molecule has 0 aliphatic heterocycles. The normalized spacial score (nSPS) is 9.71. The minimum Gasteiger partial charge on any atom is -0.483 e. The van der Waals surface area contributed by atoms with E-state index in [0.29, 0.717) is 11.4 Å². The van der Waals surface area contributed by atoms with Crippen LogP contribution in [0.3, 0.4) is 0 Å². The summed E-state index contributed by atoms with van der Waals surface area (Å²) in [6.07, 6.45) is 5.23. The first-order valence-corrected chi connectivity index (χ1v) is 6.98.